The van der Waals surface area contributed by atoms with E-state index >= 15 is 0 Å². The lowest BCUT2D eigenvalue weighted by molar-refractivity contribution is -0.206. The number of hydrogen-bond donors (Lipinski definition) is 4. The molecule has 186 valence electrons. The maximum atomic E-state index is 12.6. The minimum Gasteiger partial charge on any atom is -0.394 e. The molecule has 5 unspecified atom stereocenters. The molecule has 11 nitrogen and oxygen atoms in total. The van der Waals surface area contributed by atoms with Gasteiger partial charge in [-0.25, -0.2) is 0 Å². The number of aliphatic hydroxyl groups is 3. The van der Waals surface area contributed by atoms with Crippen LogP contribution in [0, 0.1) is 0 Å². The van der Waals surface area contributed by atoms with Gasteiger partial charge in [-0.05, 0) is 19.3 Å². The highest BCUT2D eigenvalue weighted by atomic mass is 16.7. The number of ether oxygens (including phenoxy) is 4. The second kappa shape index (κ2) is 13.4. The smallest absolute Gasteiger partial charge is 0.222 e. The average molecular weight is 463 g/mol. The minimum atomic E-state index is -1.10. The Balaban J connectivity index is 1.83. The molecule has 7 atom stereocenters. The highest BCUT2D eigenvalue weighted by Gasteiger charge is 2.40. The lowest BCUT2D eigenvalue weighted by Crippen LogP contribution is -2.51. The number of amides is 2. The van der Waals surface area contributed by atoms with E-state index in [1.807, 2.05) is 4.90 Å². The molecule has 0 aliphatic carbocycles. The highest BCUT2D eigenvalue weighted by molar-refractivity contribution is 5.77. The van der Waals surface area contributed by atoms with E-state index in [9.17, 15) is 24.9 Å². The number of aliphatic hydroxyl groups excluding tert-OH is 3. The van der Waals surface area contributed by atoms with Crippen molar-refractivity contribution in [3.63, 3.8) is 0 Å². The van der Waals surface area contributed by atoms with Crippen molar-refractivity contribution >= 4 is 11.8 Å². The zero-order chi connectivity index (χ0) is 23.7. The Bertz CT molecular complexity index is 594. The fraction of sp³-hybridized carbons (Fsp3) is 0.905. The van der Waals surface area contributed by atoms with Gasteiger partial charge in [0, 0.05) is 47.1 Å². The maximum Gasteiger partial charge on any atom is 0.222 e. The number of carbonyl (C=O) groups excluding carboxylic acids is 2. The SMILES string of the molecule is COC[C@@H]1C[C@@H](OC)CN1C(=O)CCCCOC1OC(CO)C(O)CC(O)C1NC(C)=O. The molecule has 0 spiro atoms. The summed E-state index contributed by atoms with van der Waals surface area (Å²) < 4.78 is 22.0. The summed E-state index contributed by atoms with van der Waals surface area (Å²) in [6.07, 6.45) is -1.97. The largest absolute Gasteiger partial charge is 0.394 e. The predicted octanol–water partition coefficient (Wildman–Crippen LogP) is -1.23. The molecule has 2 saturated heterocycles. The number of hydrogen-bond acceptors (Lipinski definition) is 9. The number of nitrogens with zero attached hydrogens (tertiary/aromatic N) is 1. The summed E-state index contributed by atoms with van der Waals surface area (Å²) in [5, 5.41) is 32.5. The van der Waals surface area contributed by atoms with E-state index in [-0.39, 0.29) is 37.0 Å². The minimum absolute atomic E-state index is 0.00910. The Kier molecular flexibility index (Phi) is 11.3. The maximum absolute atomic E-state index is 12.6. The van der Waals surface area contributed by atoms with Crippen molar-refractivity contribution in [2.45, 2.75) is 81.8 Å². The van der Waals surface area contributed by atoms with Crippen molar-refractivity contribution in [3.05, 3.63) is 0 Å². The first-order chi connectivity index (χ1) is 15.3. The topological polar surface area (TPSA) is 147 Å². The Hall–Kier alpha value is -1.34. The first kappa shape index (κ1) is 26.9. The van der Waals surface area contributed by atoms with Crippen LogP contribution in [0.1, 0.15) is 39.0 Å². The van der Waals surface area contributed by atoms with Gasteiger partial charge in [0.1, 0.15) is 12.1 Å². The molecule has 2 fully saturated rings. The molecule has 11 heteroatoms. The van der Waals surface area contributed by atoms with E-state index in [0.29, 0.717) is 32.4 Å². The number of likely N-dealkylation sites (tertiary alicyclic amines) is 1. The number of nitrogens with one attached hydrogen (secondary N) is 1. The van der Waals surface area contributed by atoms with Gasteiger partial charge in [-0.1, -0.05) is 0 Å². The molecule has 0 aromatic rings. The van der Waals surface area contributed by atoms with Gasteiger partial charge in [0.25, 0.3) is 0 Å². The third-order valence-electron chi connectivity index (χ3n) is 5.93. The van der Waals surface area contributed by atoms with Crippen LogP contribution in [-0.4, -0.2) is 115 Å². The number of unbranched alkanes of at least 4 members (excludes halogenated alkanes) is 1. The normalized spacial score (nSPS) is 33.2. The standard InChI is InChI=1S/C21H38N2O9/c1-13(25)22-20-17(27)9-16(26)18(11-24)32-21(20)31-7-5-4-6-19(28)23-10-15(30-3)8-14(23)12-29-2/h14-18,20-21,24,26-27H,4-12H2,1-3H3,(H,22,25)/t14-,15+,16?,17?,18?,20?,21?/m0/s1. The van der Waals surface area contributed by atoms with Gasteiger partial charge >= 0.3 is 0 Å². The van der Waals surface area contributed by atoms with E-state index in [2.05, 4.69) is 5.32 Å². The second-order valence-electron chi connectivity index (χ2n) is 8.40. The second-order valence-corrected chi connectivity index (χ2v) is 8.40. The fourth-order valence-corrected chi connectivity index (χ4v) is 4.20. The summed E-state index contributed by atoms with van der Waals surface area (Å²) >= 11 is 0. The van der Waals surface area contributed by atoms with E-state index in [1.54, 1.807) is 14.2 Å². The van der Waals surface area contributed by atoms with Crippen LogP contribution in [0.4, 0.5) is 0 Å². The van der Waals surface area contributed by atoms with Gasteiger partial charge in [0.2, 0.25) is 11.8 Å². The van der Waals surface area contributed by atoms with Crippen molar-refractivity contribution < 1.29 is 43.9 Å². The van der Waals surface area contributed by atoms with E-state index < -0.39 is 37.3 Å². The third kappa shape index (κ3) is 7.62. The molecule has 0 aromatic heterocycles. The predicted molar refractivity (Wildman–Crippen MR) is 113 cm³/mol. The van der Waals surface area contributed by atoms with Crippen LogP contribution in [-0.2, 0) is 28.5 Å². The van der Waals surface area contributed by atoms with Gasteiger partial charge in [-0.2, -0.15) is 0 Å². The van der Waals surface area contributed by atoms with Crippen molar-refractivity contribution in [3.8, 4) is 0 Å². The van der Waals surface area contributed by atoms with Gasteiger partial charge < -0.3 is 44.5 Å². The molecule has 0 aromatic carbocycles. The molecule has 2 aliphatic heterocycles. The van der Waals surface area contributed by atoms with Crippen molar-refractivity contribution in [2.24, 2.45) is 0 Å². The van der Waals surface area contributed by atoms with Crippen molar-refractivity contribution in [1.29, 1.82) is 0 Å². The van der Waals surface area contributed by atoms with Gasteiger partial charge in [0.05, 0.1) is 37.6 Å². The molecule has 2 amide bonds. The summed E-state index contributed by atoms with van der Waals surface area (Å²) in [5.74, 6) is -0.341. The number of rotatable bonds is 11. The summed E-state index contributed by atoms with van der Waals surface area (Å²) in [4.78, 5) is 26.0. The summed E-state index contributed by atoms with van der Waals surface area (Å²) in [6.45, 7) is 2.10. The van der Waals surface area contributed by atoms with E-state index in [1.165, 1.54) is 6.92 Å². The zero-order valence-corrected chi connectivity index (χ0v) is 19.1. The molecule has 4 N–H and O–H groups in total. The van der Waals surface area contributed by atoms with Crippen molar-refractivity contribution in [2.75, 3.05) is 40.6 Å². The fourth-order valence-electron chi connectivity index (χ4n) is 4.20. The van der Waals surface area contributed by atoms with Gasteiger partial charge in [-0.15, -0.1) is 0 Å². The molecule has 2 heterocycles. The van der Waals surface area contributed by atoms with Crippen LogP contribution < -0.4 is 5.32 Å². The molecule has 0 bridgehead atoms. The first-order valence-electron chi connectivity index (χ1n) is 11.1. The lowest BCUT2D eigenvalue weighted by Gasteiger charge is -2.29. The van der Waals surface area contributed by atoms with Crippen LogP contribution in [0.2, 0.25) is 0 Å². The number of carbonyl (C=O) groups is 2. The average Bonchev–Trinajstić information content (AvgIpc) is 3.12. The quantitative estimate of drug-likeness (QED) is 0.277. The summed E-state index contributed by atoms with van der Waals surface area (Å²) in [5.41, 5.74) is 0. The zero-order valence-electron chi connectivity index (χ0n) is 19.1. The number of methoxy groups -OCH3 is 2. The lowest BCUT2D eigenvalue weighted by atomic mass is 10.0. The highest BCUT2D eigenvalue weighted by Crippen LogP contribution is 2.23. The van der Waals surface area contributed by atoms with Crippen LogP contribution >= 0.6 is 0 Å². The summed E-state index contributed by atoms with van der Waals surface area (Å²) in [7, 11) is 3.25. The van der Waals surface area contributed by atoms with E-state index in [4.69, 9.17) is 18.9 Å². The van der Waals surface area contributed by atoms with Crippen LogP contribution in [0.15, 0.2) is 0 Å². The van der Waals surface area contributed by atoms with Gasteiger partial charge in [-0.3, -0.25) is 9.59 Å². The Morgan fingerprint density at radius 2 is 1.91 bits per heavy atom. The van der Waals surface area contributed by atoms with Gasteiger partial charge in [0.15, 0.2) is 6.29 Å². The van der Waals surface area contributed by atoms with Crippen LogP contribution in [0.5, 0.6) is 0 Å². The molecule has 0 saturated carbocycles. The molecule has 2 aliphatic rings. The summed E-state index contributed by atoms with van der Waals surface area (Å²) in [6, 6.07) is -0.874. The molecular formula is C21H38N2O9. The third-order valence-corrected chi connectivity index (χ3v) is 5.93. The van der Waals surface area contributed by atoms with Crippen LogP contribution in [0.3, 0.4) is 0 Å². The van der Waals surface area contributed by atoms with E-state index in [0.717, 1.165) is 6.42 Å². The Labute approximate surface area is 188 Å². The molecular weight excluding hydrogens is 424 g/mol. The van der Waals surface area contributed by atoms with Crippen LogP contribution in [0.25, 0.3) is 0 Å². The van der Waals surface area contributed by atoms with Crippen molar-refractivity contribution in [1.82, 2.24) is 10.2 Å². The Morgan fingerprint density at radius 3 is 2.53 bits per heavy atom. The molecule has 32 heavy (non-hydrogen) atoms. The monoisotopic (exact) mass is 462 g/mol. The molecule has 0 radical (unpaired) electrons. The Morgan fingerprint density at radius 1 is 1.16 bits per heavy atom. The molecule has 2 rings (SSSR count). The first-order valence-corrected chi connectivity index (χ1v) is 11.1.